The molecule has 142 valence electrons. The molecule has 0 spiro atoms. The molecule has 1 aliphatic heterocycles. The third kappa shape index (κ3) is 3.65. The number of ether oxygens (including phenoxy) is 1. The lowest BCUT2D eigenvalue weighted by atomic mass is 10.0. The SMILES string of the molecule is Cc1cc(C)c(NC(=O)C(C)N2C(=O)C(C)Oc3ccc(Cl)cc32)c(C)c1. The zero-order valence-electron chi connectivity index (χ0n) is 16.1. The molecule has 2 amide bonds. The third-order valence-corrected chi connectivity index (χ3v) is 5.00. The quantitative estimate of drug-likeness (QED) is 0.850. The minimum absolute atomic E-state index is 0.265. The van der Waals surface area contributed by atoms with Crippen LogP contribution >= 0.6 is 11.6 Å². The maximum atomic E-state index is 13.0. The van der Waals surface area contributed by atoms with Crippen LogP contribution in [0.3, 0.4) is 0 Å². The predicted molar refractivity (Wildman–Crippen MR) is 108 cm³/mol. The summed E-state index contributed by atoms with van der Waals surface area (Å²) in [6.45, 7) is 9.30. The van der Waals surface area contributed by atoms with E-state index in [0.29, 0.717) is 16.5 Å². The number of nitrogens with zero attached hydrogens (tertiary/aromatic N) is 1. The molecule has 0 aromatic heterocycles. The van der Waals surface area contributed by atoms with E-state index in [9.17, 15) is 9.59 Å². The summed E-state index contributed by atoms with van der Waals surface area (Å²) in [6.07, 6.45) is -0.670. The molecule has 1 heterocycles. The van der Waals surface area contributed by atoms with E-state index in [1.807, 2.05) is 32.9 Å². The average molecular weight is 387 g/mol. The van der Waals surface area contributed by atoms with Crippen LogP contribution < -0.4 is 15.0 Å². The number of amides is 2. The van der Waals surface area contributed by atoms with E-state index in [-0.39, 0.29) is 11.8 Å². The zero-order chi connectivity index (χ0) is 19.9. The van der Waals surface area contributed by atoms with E-state index in [1.165, 1.54) is 4.90 Å². The maximum Gasteiger partial charge on any atom is 0.268 e. The molecule has 0 radical (unpaired) electrons. The number of halogens is 1. The van der Waals surface area contributed by atoms with Crippen molar-refractivity contribution in [2.24, 2.45) is 0 Å². The fourth-order valence-electron chi connectivity index (χ4n) is 3.46. The van der Waals surface area contributed by atoms with Crippen molar-refractivity contribution in [3.8, 4) is 5.75 Å². The van der Waals surface area contributed by atoms with Crippen LogP contribution in [0.2, 0.25) is 5.02 Å². The Morgan fingerprint density at radius 1 is 1.19 bits per heavy atom. The van der Waals surface area contributed by atoms with Gasteiger partial charge in [-0.2, -0.15) is 0 Å². The largest absolute Gasteiger partial charge is 0.479 e. The number of hydrogen-bond donors (Lipinski definition) is 1. The van der Waals surface area contributed by atoms with Gasteiger partial charge in [0, 0.05) is 10.7 Å². The van der Waals surface area contributed by atoms with Crippen molar-refractivity contribution in [2.45, 2.75) is 46.8 Å². The first-order chi connectivity index (χ1) is 12.7. The summed E-state index contributed by atoms with van der Waals surface area (Å²) in [5.74, 6) is -0.00274. The van der Waals surface area contributed by atoms with E-state index < -0.39 is 12.1 Å². The van der Waals surface area contributed by atoms with Gasteiger partial charge in [-0.1, -0.05) is 29.3 Å². The van der Waals surface area contributed by atoms with Crippen LogP contribution in [0.5, 0.6) is 5.75 Å². The highest BCUT2D eigenvalue weighted by molar-refractivity contribution is 6.31. The Morgan fingerprint density at radius 3 is 2.44 bits per heavy atom. The van der Waals surface area contributed by atoms with E-state index in [1.54, 1.807) is 32.0 Å². The molecule has 0 bridgehead atoms. The van der Waals surface area contributed by atoms with Gasteiger partial charge in [0.2, 0.25) is 5.91 Å². The molecule has 2 aromatic rings. The van der Waals surface area contributed by atoms with Crippen molar-refractivity contribution in [1.29, 1.82) is 0 Å². The van der Waals surface area contributed by atoms with E-state index in [4.69, 9.17) is 16.3 Å². The van der Waals surface area contributed by atoms with Gasteiger partial charge in [0.15, 0.2) is 6.10 Å². The first kappa shape index (κ1) is 19.2. The van der Waals surface area contributed by atoms with Crippen LogP contribution in [0.4, 0.5) is 11.4 Å². The number of rotatable bonds is 3. The number of nitrogens with one attached hydrogen (secondary N) is 1. The van der Waals surface area contributed by atoms with Gasteiger partial charge in [-0.3, -0.25) is 14.5 Å². The molecule has 1 aliphatic rings. The van der Waals surface area contributed by atoms with Crippen molar-refractivity contribution in [2.75, 3.05) is 10.2 Å². The number of carbonyl (C=O) groups is 2. The number of aryl methyl sites for hydroxylation is 3. The lowest BCUT2D eigenvalue weighted by molar-refractivity contribution is -0.128. The summed E-state index contributed by atoms with van der Waals surface area (Å²) in [7, 11) is 0. The number of anilines is 2. The van der Waals surface area contributed by atoms with Crippen LogP contribution in [0.25, 0.3) is 0 Å². The van der Waals surface area contributed by atoms with Gasteiger partial charge in [0.1, 0.15) is 11.8 Å². The van der Waals surface area contributed by atoms with E-state index in [0.717, 1.165) is 22.4 Å². The first-order valence-corrected chi connectivity index (χ1v) is 9.25. The van der Waals surface area contributed by atoms with Gasteiger partial charge < -0.3 is 10.1 Å². The van der Waals surface area contributed by atoms with Crippen LogP contribution in [0.15, 0.2) is 30.3 Å². The van der Waals surface area contributed by atoms with Gasteiger partial charge in [0.25, 0.3) is 5.91 Å². The fourth-order valence-corrected chi connectivity index (χ4v) is 3.62. The molecular formula is C21H23ClN2O3. The summed E-state index contributed by atoms with van der Waals surface area (Å²) in [4.78, 5) is 27.2. The molecular weight excluding hydrogens is 364 g/mol. The Kier molecular flexibility index (Phi) is 5.16. The second kappa shape index (κ2) is 7.24. The Bertz CT molecular complexity index is 903. The fraction of sp³-hybridized carbons (Fsp3) is 0.333. The Morgan fingerprint density at radius 2 is 1.81 bits per heavy atom. The van der Waals surface area contributed by atoms with Crippen LogP contribution in [0.1, 0.15) is 30.5 Å². The van der Waals surface area contributed by atoms with Gasteiger partial charge in [0.05, 0.1) is 5.69 Å². The van der Waals surface area contributed by atoms with Crippen LogP contribution in [-0.2, 0) is 9.59 Å². The second-order valence-electron chi connectivity index (χ2n) is 7.02. The molecule has 2 atom stereocenters. The van der Waals surface area contributed by atoms with Crippen molar-refractivity contribution in [3.63, 3.8) is 0 Å². The van der Waals surface area contributed by atoms with Crippen molar-refractivity contribution < 1.29 is 14.3 Å². The summed E-state index contributed by atoms with van der Waals surface area (Å²) in [5.41, 5.74) is 4.39. The Labute approximate surface area is 164 Å². The third-order valence-electron chi connectivity index (χ3n) is 4.76. The molecule has 0 saturated heterocycles. The standard InChI is InChI=1S/C21H23ClN2O3/c1-11-8-12(2)19(13(3)9-11)23-20(25)14(4)24-17-10-16(22)6-7-18(17)27-15(5)21(24)26/h6-10,14-15H,1-5H3,(H,23,25). The lowest BCUT2D eigenvalue weighted by Crippen LogP contribution is -2.52. The van der Waals surface area contributed by atoms with Crippen LogP contribution in [-0.4, -0.2) is 24.0 Å². The minimum Gasteiger partial charge on any atom is -0.479 e. The smallest absolute Gasteiger partial charge is 0.268 e. The van der Waals surface area contributed by atoms with Crippen molar-refractivity contribution >= 4 is 34.8 Å². The van der Waals surface area contributed by atoms with E-state index >= 15 is 0 Å². The summed E-state index contributed by atoms with van der Waals surface area (Å²) in [6, 6.07) is 8.37. The highest BCUT2D eigenvalue weighted by atomic mass is 35.5. The Balaban J connectivity index is 1.93. The van der Waals surface area contributed by atoms with E-state index in [2.05, 4.69) is 5.32 Å². The maximum absolute atomic E-state index is 13.0. The lowest BCUT2D eigenvalue weighted by Gasteiger charge is -2.36. The van der Waals surface area contributed by atoms with Gasteiger partial charge >= 0.3 is 0 Å². The Hall–Kier alpha value is -2.53. The van der Waals surface area contributed by atoms with Crippen molar-refractivity contribution in [3.05, 3.63) is 52.0 Å². The van der Waals surface area contributed by atoms with Gasteiger partial charge in [-0.05, 0) is 63.9 Å². The molecule has 0 fully saturated rings. The molecule has 0 saturated carbocycles. The molecule has 2 aromatic carbocycles. The second-order valence-corrected chi connectivity index (χ2v) is 7.46. The molecule has 2 unspecified atom stereocenters. The highest BCUT2D eigenvalue weighted by Gasteiger charge is 2.37. The first-order valence-electron chi connectivity index (χ1n) is 8.87. The molecule has 1 N–H and O–H groups in total. The summed E-state index contributed by atoms with van der Waals surface area (Å²) in [5, 5.41) is 3.45. The molecule has 27 heavy (non-hydrogen) atoms. The number of benzene rings is 2. The van der Waals surface area contributed by atoms with Crippen LogP contribution in [0, 0.1) is 20.8 Å². The summed E-state index contributed by atoms with van der Waals surface area (Å²) < 4.78 is 5.65. The number of hydrogen-bond acceptors (Lipinski definition) is 3. The number of fused-ring (bicyclic) bond motifs is 1. The topological polar surface area (TPSA) is 58.6 Å². The normalized spacial score (nSPS) is 17.2. The molecule has 3 rings (SSSR count). The molecule has 5 nitrogen and oxygen atoms in total. The summed E-state index contributed by atoms with van der Waals surface area (Å²) >= 11 is 6.10. The molecule has 6 heteroatoms. The predicted octanol–water partition coefficient (Wildman–Crippen LogP) is 4.41. The van der Waals surface area contributed by atoms with Gasteiger partial charge in [-0.25, -0.2) is 0 Å². The minimum atomic E-state index is -0.721. The average Bonchev–Trinajstić information content (AvgIpc) is 2.59. The monoisotopic (exact) mass is 386 g/mol. The number of carbonyl (C=O) groups excluding carboxylic acids is 2. The highest BCUT2D eigenvalue weighted by Crippen LogP contribution is 2.37. The molecule has 0 aliphatic carbocycles. The van der Waals surface area contributed by atoms with Crippen molar-refractivity contribution in [1.82, 2.24) is 0 Å². The zero-order valence-corrected chi connectivity index (χ0v) is 16.8. The van der Waals surface area contributed by atoms with Gasteiger partial charge in [-0.15, -0.1) is 0 Å².